The van der Waals surface area contributed by atoms with Crippen LogP contribution in [-0.2, 0) is 4.79 Å². The van der Waals surface area contributed by atoms with Gasteiger partial charge in [-0.05, 0) is 87.0 Å². The Morgan fingerprint density at radius 1 is 1.10 bits per heavy atom. The van der Waals surface area contributed by atoms with E-state index < -0.39 is 0 Å². The molecule has 4 saturated carbocycles. The number of aromatic nitrogens is 1. The molecule has 4 aliphatic carbocycles. The fraction of sp³-hybridized carbons (Fsp3) is 0.458. The second kappa shape index (κ2) is 5.91. The van der Waals surface area contributed by atoms with Crippen molar-refractivity contribution in [2.24, 2.45) is 23.2 Å². The molecule has 3 aromatic rings. The zero-order chi connectivity index (χ0) is 19.8. The largest absolute Gasteiger partial charge is 0.422 e. The highest BCUT2D eigenvalue weighted by Gasteiger charge is 2.54. The molecule has 4 aliphatic rings. The van der Waals surface area contributed by atoms with Gasteiger partial charge in [-0.2, -0.15) is 0 Å². The van der Waals surface area contributed by atoms with E-state index >= 15 is 0 Å². The monoisotopic (exact) mass is 388 g/mol. The van der Waals surface area contributed by atoms with E-state index in [4.69, 9.17) is 9.40 Å². The molecular weight excluding hydrogens is 364 g/mol. The van der Waals surface area contributed by atoms with Crippen molar-refractivity contribution in [1.29, 1.82) is 0 Å². The molecule has 1 N–H and O–H groups in total. The molecule has 0 aliphatic heterocycles. The zero-order valence-corrected chi connectivity index (χ0v) is 16.5. The average molecular weight is 388 g/mol. The van der Waals surface area contributed by atoms with E-state index in [9.17, 15) is 9.59 Å². The summed E-state index contributed by atoms with van der Waals surface area (Å²) < 4.78 is 5.46. The molecule has 7 rings (SSSR count). The van der Waals surface area contributed by atoms with Crippen LogP contribution in [0.2, 0.25) is 0 Å². The first-order valence-electron chi connectivity index (χ1n) is 10.7. The summed E-state index contributed by atoms with van der Waals surface area (Å²) in [6.45, 7) is 1.87. The predicted octanol–water partition coefficient (Wildman–Crippen LogP) is 4.80. The van der Waals surface area contributed by atoms with Crippen molar-refractivity contribution in [3.63, 3.8) is 0 Å². The van der Waals surface area contributed by atoms with Crippen molar-refractivity contribution < 1.29 is 9.21 Å². The van der Waals surface area contributed by atoms with Crippen LogP contribution in [0.5, 0.6) is 0 Å². The normalized spacial score (nSPS) is 30.2. The first-order valence-corrected chi connectivity index (χ1v) is 10.7. The SMILES string of the molecule is Cc1cc(NC(=O)C23CC4CC(CC(C4)C2)C3)nc2c1c(=O)oc1ccccc12. The maximum atomic E-state index is 13.4. The van der Waals surface area contributed by atoms with E-state index in [0.717, 1.165) is 30.2 Å². The molecule has 0 spiro atoms. The highest BCUT2D eigenvalue weighted by molar-refractivity contribution is 6.04. The number of fused-ring (bicyclic) bond motifs is 3. The van der Waals surface area contributed by atoms with Crippen LogP contribution >= 0.6 is 0 Å². The van der Waals surface area contributed by atoms with Gasteiger partial charge in [0.25, 0.3) is 0 Å². The Kier molecular flexibility index (Phi) is 3.50. The smallest absolute Gasteiger partial charge is 0.346 e. The van der Waals surface area contributed by atoms with Crippen molar-refractivity contribution >= 4 is 33.6 Å². The van der Waals surface area contributed by atoms with Gasteiger partial charge in [0.05, 0.1) is 16.3 Å². The highest BCUT2D eigenvalue weighted by atomic mass is 16.4. The maximum Gasteiger partial charge on any atom is 0.346 e. The minimum absolute atomic E-state index is 0.120. The quantitative estimate of drug-likeness (QED) is 0.505. The van der Waals surface area contributed by atoms with Gasteiger partial charge in [0.2, 0.25) is 5.91 Å². The molecule has 5 nitrogen and oxygen atoms in total. The van der Waals surface area contributed by atoms with Crippen LogP contribution < -0.4 is 10.9 Å². The Bertz CT molecular complexity index is 1190. The molecule has 1 amide bonds. The summed E-state index contributed by atoms with van der Waals surface area (Å²) in [4.78, 5) is 30.6. The number of rotatable bonds is 2. The minimum Gasteiger partial charge on any atom is -0.422 e. The minimum atomic E-state index is -0.386. The van der Waals surface area contributed by atoms with Crippen LogP contribution in [0.25, 0.3) is 21.9 Å². The molecule has 148 valence electrons. The van der Waals surface area contributed by atoms with Gasteiger partial charge in [-0.1, -0.05) is 12.1 Å². The second-order valence-electron chi connectivity index (χ2n) is 9.59. The van der Waals surface area contributed by atoms with Gasteiger partial charge in [-0.15, -0.1) is 0 Å². The third-order valence-electron chi connectivity index (χ3n) is 7.53. The average Bonchev–Trinajstić information content (AvgIpc) is 2.66. The number of hydrogen-bond acceptors (Lipinski definition) is 4. The van der Waals surface area contributed by atoms with Gasteiger partial charge in [0.1, 0.15) is 11.4 Å². The van der Waals surface area contributed by atoms with Crippen LogP contribution in [-0.4, -0.2) is 10.9 Å². The molecular formula is C24H24N2O3. The number of benzene rings is 1. The summed E-state index contributed by atoms with van der Waals surface area (Å²) in [6.07, 6.45) is 6.97. The number of carbonyl (C=O) groups is 1. The maximum absolute atomic E-state index is 13.4. The number of nitrogens with one attached hydrogen (secondary N) is 1. The van der Waals surface area contributed by atoms with E-state index in [-0.39, 0.29) is 16.9 Å². The molecule has 1 aromatic carbocycles. The molecule has 4 bridgehead atoms. The number of anilines is 1. The molecule has 2 aromatic heterocycles. The molecule has 29 heavy (non-hydrogen) atoms. The fourth-order valence-electron chi connectivity index (χ4n) is 6.73. The standard InChI is InChI=1S/C24H24N2O3/c1-13-6-19(25-21-17-4-2-3-5-18(17)29-22(27)20(13)21)26-23(28)24-10-14-7-15(11-24)9-16(8-14)12-24/h2-6,14-16H,7-12H2,1H3,(H,25,26,28). The summed E-state index contributed by atoms with van der Waals surface area (Å²) in [7, 11) is 0. The van der Waals surface area contributed by atoms with Gasteiger partial charge in [0.15, 0.2) is 0 Å². The first-order chi connectivity index (χ1) is 14.0. The Balaban J connectivity index is 1.42. The number of aryl methyl sites for hydroxylation is 1. The number of carbonyl (C=O) groups excluding carboxylic acids is 1. The van der Waals surface area contributed by atoms with E-state index in [0.29, 0.717) is 40.1 Å². The zero-order valence-electron chi connectivity index (χ0n) is 16.5. The predicted molar refractivity (Wildman–Crippen MR) is 112 cm³/mol. The second-order valence-corrected chi connectivity index (χ2v) is 9.59. The van der Waals surface area contributed by atoms with Gasteiger partial charge < -0.3 is 9.73 Å². The van der Waals surface area contributed by atoms with Crippen molar-refractivity contribution in [1.82, 2.24) is 4.98 Å². The number of para-hydroxylation sites is 1. The van der Waals surface area contributed by atoms with E-state index in [1.54, 1.807) is 12.1 Å². The van der Waals surface area contributed by atoms with E-state index in [2.05, 4.69) is 5.32 Å². The third-order valence-corrected chi connectivity index (χ3v) is 7.53. The highest BCUT2D eigenvalue weighted by Crippen LogP contribution is 2.60. The lowest BCUT2D eigenvalue weighted by atomic mass is 9.49. The topological polar surface area (TPSA) is 72.2 Å². The molecule has 2 heterocycles. The lowest BCUT2D eigenvalue weighted by molar-refractivity contribution is -0.140. The number of hydrogen-bond donors (Lipinski definition) is 1. The molecule has 0 radical (unpaired) electrons. The Morgan fingerprint density at radius 2 is 1.76 bits per heavy atom. The van der Waals surface area contributed by atoms with Gasteiger partial charge in [-0.3, -0.25) is 4.79 Å². The lowest BCUT2D eigenvalue weighted by Gasteiger charge is -2.55. The van der Waals surface area contributed by atoms with Crippen LogP contribution in [0.15, 0.2) is 39.5 Å². The molecule has 0 atom stereocenters. The molecule has 4 fully saturated rings. The van der Waals surface area contributed by atoms with Gasteiger partial charge in [-0.25, -0.2) is 9.78 Å². The van der Waals surface area contributed by atoms with Crippen LogP contribution in [0, 0.1) is 30.1 Å². The lowest BCUT2D eigenvalue weighted by Crippen LogP contribution is -2.51. The van der Waals surface area contributed by atoms with Gasteiger partial charge >= 0.3 is 5.63 Å². The summed E-state index contributed by atoms with van der Waals surface area (Å²) in [5.41, 5.74) is 1.27. The van der Waals surface area contributed by atoms with Gasteiger partial charge in [0, 0.05) is 5.39 Å². The Morgan fingerprint density at radius 3 is 2.45 bits per heavy atom. The fourth-order valence-corrected chi connectivity index (χ4v) is 6.73. The molecule has 0 unspecified atom stereocenters. The Labute approximate surface area is 168 Å². The van der Waals surface area contributed by atoms with Crippen LogP contribution in [0.1, 0.15) is 44.1 Å². The number of pyridine rings is 1. The van der Waals surface area contributed by atoms with Crippen molar-refractivity contribution in [3.8, 4) is 0 Å². The summed E-state index contributed by atoms with van der Waals surface area (Å²) in [5, 5.41) is 4.40. The van der Waals surface area contributed by atoms with Crippen LogP contribution in [0.4, 0.5) is 5.82 Å². The van der Waals surface area contributed by atoms with E-state index in [1.807, 2.05) is 25.1 Å². The number of amides is 1. The Hall–Kier alpha value is -2.69. The van der Waals surface area contributed by atoms with Crippen molar-refractivity contribution in [2.75, 3.05) is 5.32 Å². The van der Waals surface area contributed by atoms with Crippen molar-refractivity contribution in [2.45, 2.75) is 45.4 Å². The number of nitrogens with zero attached hydrogens (tertiary/aromatic N) is 1. The summed E-state index contributed by atoms with van der Waals surface area (Å²) in [6, 6.07) is 9.21. The van der Waals surface area contributed by atoms with Crippen LogP contribution in [0.3, 0.4) is 0 Å². The molecule has 5 heteroatoms. The first kappa shape index (κ1) is 17.2. The summed E-state index contributed by atoms with van der Waals surface area (Å²) >= 11 is 0. The molecule has 0 saturated heterocycles. The van der Waals surface area contributed by atoms with Crippen molar-refractivity contribution in [3.05, 3.63) is 46.3 Å². The van der Waals surface area contributed by atoms with E-state index in [1.165, 1.54) is 19.3 Å². The summed E-state index contributed by atoms with van der Waals surface area (Å²) in [5.74, 6) is 2.80. The third kappa shape index (κ3) is 2.56.